The van der Waals surface area contributed by atoms with E-state index in [1.807, 2.05) is 0 Å². The highest BCUT2D eigenvalue weighted by atomic mass is 31.1. The molecule has 0 saturated heterocycles. The van der Waals surface area contributed by atoms with Gasteiger partial charge in [-0.25, -0.2) is 4.79 Å². The van der Waals surface area contributed by atoms with Crippen LogP contribution in [0.2, 0.25) is 0 Å². The molecule has 0 fully saturated rings. The zero-order valence-electron chi connectivity index (χ0n) is 3.26. The monoisotopic (exact) mass is 108 g/mol. The zero-order valence-corrected chi connectivity index (χ0v) is 4.26. The Morgan fingerprint density at radius 1 is 1.83 bits per heavy atom. The van der Waals surface area contributed by atoms with Crippen molar-refractivity contribution in [2.24, 2.45) is 0 Å². The van der Waals surface area contributed by atoms with Crippen molar-refractivity contribution in [2.45, 2.75) is 0 Å². The standard InChI is InChI=1S/C2H5O3P/c1-6(5)2(3)4/h6H,1H3,(H,3,4). The largest absolute Gasteiger partial charge is 0.476 e. The van der Waals surface area contributed by atoms with E-state index < -0.39 is 13.5 Å². The Morgan fingerprint density at radius 3 is 2.00 bits per heavy atom. The van der Waals surface area contributed by atoms with Gasteiger partial charge in [0.2, 0.25) is 0 Å². The molecule has 3 nitrogen and oxygen atoms in total. The van der Waals surface area contributed by atoms with Crippen LogP contribution >= 0.6 is 7.80 Å². The highest BCUT2D eigenvalue weighted by Gasteiger charge is 1.96. The summed E-state index contributed by atoms with van der Waals surface area (Å²) in [6.45, 7) is 1.19. The topological polar surface area (TPSA) is 54.4 Å². The molecule has 0 rings (SSSR count). The van der Waals surface area contributed by atoms with Crippen LogP contribution in [-0.4, -0.2) is 17.5 Å². The molecule has 6 heavy (non-hydrogen) atoms. The van der Waals surface area contributed by atoms with E-state index in [1.165, 1.54) is 6.66 Å². The molecule has 36 valence electrons. The minimum atomic E-state index is -2.28. The first-order valence-corrected chi connectivity index (χ1v) is 3.29. The lowest BCUT2D eigenvalue weighted by molar-refractivity contribution is 0.220. The molecule has 0 radical (unpaired) electrons. The van der Waals surface area contributed by atoms with Crippen molar-refractivity contribution < 1.29 is 14.5 Å². The van der Waals surface area contributed by atoms with Gasteiger partial charge < -0.3 is 9.67 Å². The molecule has 0 aliphatic rings. The third-order valence-corrected chi connectivity index (χ3v) is 0.904. The minimum absolute atomic E-state index is 1.19. The molecular formula is C2H5O3P. The van der Waals surface area contributed by atoms with Gasteiger partial charge in [0.25, 0.3) is 0 Å². The van der Waals surface area contributed by atoms with Crippen molar-refractivity contribution in [3.05, 3.63) is 0 Å². The number of hydrogen-bond acceptors (Lipinski definition) is 2. The van der Waals surface area contributed by atoms with E-state index in [0.29, 0.717) is 0 Å². The molecule has 0 amide bonds. The van der Waals surface area contributed by atoms with Crippen LogP contribution in [-0.2, 0) is 4.57 Å². The third kappa shape index (κ3) is 1.97. The van der Waals surface area contributed by atoms with Crippen LogP contribution in [0.3, 0.4) is 0 Å². The van der Waals surface area contributed by atoms with Crippen LogP contribution in [0, 0.1) is 0 Å². The average Bonchev–Trinajstić information content (AvgIpc) is 1.36. The second kappa shape index (κ2) is 1.98. The maximum Gasteiger partial charge on any atom is 0.358 e. The van der Waals surface area contributed by atoms with E-state index in [0.717, 1.165) is 0 Å². The molecule has 0 saturated carbocycles. The van der Waals surface area contributed by atoms with Gasteiger partial charge >= 0.3 is 5.71 Å². The molecule has 0 bridgehead atoms. The normalized spacial score (nSPS) is 13.5. The third-order valence-electron chi connectivity index (χ3n) is 0.301. The lowest BCUT2D eigenvalue weighted by atomic mass is 11.6. The summed E-state index contributed by atoms with van der Waals surface area (Å²) in [6.07, 6.45) is 0. The maximum atomic E-state index is 9.73. The van der Waals surface area contributed by atoms with E-state index in [9.17, 15) is 9.36 Å². The van der Waals surface area contributed by atoms with Gasteiger partial charge in [-0.15, -0.1) is 0 Å². The van der Waals surface area contributed by atoms with Crippen LogP contribution in [0.25, 0.3) is 0 Å². The van der Waals surface area contributed by atoms with Crippen molar-refractivity contribution in [1.29, 1.82) is 0 Å². The molecule has 0 spiro atoms. The highest BCUT2D eigenvalue weighted by Crippen LogP contribution is 2.12. The molecule has 1 N–H and O–H groups in total. The van der Waals surface area contributed by atoms with Gasteiger partial charge in [0.1, 0.15) is 0 Å². The van der Waals surface area contributed by atoms with E-state index in [1.54, 1.807) is 0 Å². The molecule has 0 aromatic carbocycles. The van der Waals surface area contributed by atoms with Gasteiger partial charge in [0.05, 0.1) is 0 Å². The zero-order chi connectivity index (χ0) is 5.15. The Balaban J connectivity index is 3.57. The molecule has 0 aliphatic heterocycles. The first-order chi connectivity index (χ1) is 2.64. The molecule has 1 unspecified atom stereocenters. The summed E-state index contributed by atoms with van der Waals surface area (Å²) in [5.74, 6) is 0. The van der Waals surface area contributed by atoms with Crippen LogP contribution < -0.4 is 0 Å². The SMILES string of the molecule is C[PH](=O)C(=O)O. The molecule has 0 aromatic heterocycles. The molecule has 0 aliphatic carbocycles. The lowest BCUT2D eigenvalue weighted by Gasteiger charge is -1.75. The Morgan fingerprint density at radius 2 is 2.00 bits per heavy atom. The summed E-state index contributed by atoms with van der Waals surface area (Å²) in [6, 6.07) is 0. The summed E-state index contributed by atoms with van der Waals surface area (Å²) in [7, 11) is -2.28. The summed E-state index contributed by atoms with van der Waals surface area (Å²) in [5, 5.41) is 7.72. The lowest BCUT2D eigenvalue weighted by Crippen LogP contribution is -1.77. The summed E-state index contributed by atoms with van der Waals surface area (Å²) < 4.78 is 9.73. The van der Waals surface area contributed by atoms with E-state index in [-0.39, 0.29) is 0 Å². The number of carboxylic acid groups (broad SMARTS) is 1. The van der Waals surface area contributed by atoms with Crippen LogP contribution in [0.5, 0.6) is 0 Å². The van der Waals surface area contributed by atoms with Crippen LogP contribution in [0.4, 0.5) is 4.79 Å². The predicted molar refractivity (Wildman–Crippen MR) is 23.0 cm³/mol. The van der Waals surface area contributed by atoms with E-state index >= 15 is 0 Å². The number of rotatable bonds is 1. The maximum absolute atomic E-state index is 9.73. The van der Waals surface area contributed by atoms with Gasteiger partial charge in [0.15, 0.2) is 7.80 Å². The molecule has 4 heteroatoms. The Hall–Kier alpha value is -0.300. The van der Waals surface area contributed by atoms with Crippen molar-refractivity contribution in [3.63, 3.8) is 0 Å². The molecule has 0 heterocycles. The minimum Gasteiger partial charge on any atom is -0.476 e. The second-order valence-electron chi connectivity index (χ2n) is 0.861. The number of hydrogen-bond donors (Lipinski definition) is 1. The molecular weight excluding hydrogens is 103 g/mol. The fourth-order valence-corrected chi connectivity index (χ4v) is 0. The summed E-state index contributed by atoms with van der Waals surface area (Å²) in [5.41, 5.74) is -1.19. The van der Waals surface area contributed by atoms with Gasteiger partial charge in [-0.1, -0.05) is 0 Å². The second-order valence-corrected chi connectivity index (χ2v) is 2.40. The van der Waals surface area contributed by atoms with Gasteiger partial charge in [0, 0.05) is 0 Å². The quantitative estimate of drug-likeness (QED) is 0.506. The van der Waals surface area contributed by atoms with Crippen molar-refractivity contribution in [3.8, 4) is 0 Å². The van der Waals surface area contributed by atoms with Crippen molar-refractivity contribution in [2.75, 3.05) is 6.66 Å². The van der Waals surface area contributed by atoms with E-state index in [4.69, 9.17) is 5.11 Å². The average molecular weight is 108 g/mol. The molecule has 0 aromatic rings. The van der Waals surface area contributed by atoms with Crippen LogP contribution in [0.1, 0.15) is 0 Å². The van der Waals surface area contributed by atoms with Crippen molar-refractivity contribution in [1.82, 2.24) is 0 Å². The van der Waals surface area contributed by atoms with Gasteiger partial charge in [-0.05, 0) is 6.66 Å². The van der Waals surface area contributed by atoms with Gasteiger partial charge in [-0.3, -0.25) is 0 Å². The summed E-state index contributed by atoms with van der Waals surface area (Å²) >= 11 is 0. The first kappa shape index (κ1) is 5.70. The Kier molecular flexibility index (Phi) is 1.88. The van der Waals surface area contributed by atoms with Crippen molar-refractivity contribution >= 4 is 13.5 Å². The van der Waals surface area contributed by atoms with Gasteiger partial charge in [-0.2, -0.15) is 0 Å². The van der Waals surface area contributed by atoms with E-state index in [2.05, 4.69) is 0 Å². The fraction of sp³-hybridized carbons (Fsp3) is 0.500. The highest BCUT2D eigenvalue weighted by molar-refractivity contribution is 7.62. The summed E-state index contributed by atoms with van der Waals surface area (Å²) in [4.78, 5) is 9.43. The predicted octanol–water partition coefficient (Wildman–Crippen LogP) is 0.854. The number of carbonyl (C=O) groups is 1. The smallest absolute Gasteiger partial charge is 0.358 e. The molecule has 1 atom stereocenters. The van der Waals surface area contributed by atoms with Crippen LogP contribution in [0.15, 0.2) is 0 Å². The Labute approximate surface area is 35.8 Å². The first-order valence-electron chi connectivity index (χ1n) is 1.38. The fourth-order valence-electron chi connectivity index (χ4n) is 0. The Bertz CT molecular complexity index is 74.8.